The van der Waals surface area contributed by atoms with E-state index in [1.807, 2.05) is 78.9 Å². The first-order valence-corrected chi connectivity index (χ1v) is 10.4. The zero-order valence-electron chi connectivity index (χ0n) is 17.4. The number of carboxylic acid groups (broad SMARTS) is 1. The summed E-state index contributed by atoms with van der Waals surface area (Å²) in [6, 6.07) is 29.1. The van der Waals surface area contributed by atoms with Gasteiger partial charge >= 0.3 is 5.97 Å². The van der Waals surface area contributed by atoms with Crippen LogP contribution in [-0.2, 0) is 17.8 Å². The molecule has 2 N–H and O–H groups in total. The van der Waals surface area contributed by atoms with Gasteiger partial charge in [-0.2, -0.15) is 0 Å². The van der Waals surface area contributed by atoms with Crippen molar-refractivity contribution in [1.29, 1.82) is 0 Å². The van der Waals surface area contributed by atoms with Crippen molar-refractivity contribution in [3.8, 4) is 5.75 Å². The number of nitrogens with one attached hydrogen (secondary N) is 1. The third-order valence-corrected chi connectivity index (χ3v) is 5.20. The number of rotatable bonds is 8. The van der Waals surface area contributed by atoms with E-state index in [1.165, 1.54) is 0 Å². The van der Waals surface area contributed by atoms with Crippen molar-refractivity contribution < 1.29 is 19.4 Å². The Morgan fingerprint density at radius 2 is 1.50 bits per heavy atom. The van der Waals surface area contributed by atoms with E-state index in [0.717, 1.165) is 21.9 Å². The molecule has 32 heavy (non-hydrogen) atoms. The predicted octanol–water partition coefficient (Wildman–Crippen LogP) is 4.84. The number of carbonyl (C=O) groups excluding carboxylic acids is 1. The number of benzene rings is 4. The van der Waals surface area contributed by atoms with E-state index in [9.17, 15) is 14.7 Å². The van der Waals surface area contributed by atoms with Gasteiger partial charge in [0, 0.05) is 12.0 Å². The minimum atomic E-state index is -1.09. The molecule has 0 bridgehead atoms. The summed E-state index contributed by atoms with van der Waals surface area (Å²) in [5.41, 5.74) is 2.24. The van der Waals surface area contributed by atoms with Gasteiger partial charge in [-0.25, -0.2) is 4.79 Å². The maximum atomic E-state index is 12.7. The van der Waals surface area contributed by atoms with Gasteiger partial charge in [0.15, 0.2) is 0 Å². The van der Waals surface area contributed by atoms with Crippen molar-refractivity contribution in [2.24, 2.45) is 0 Å². The second kappa shape index (κ2) is 9.79. The van der Waals surface area contributed by atoms with Crippen molar-refractivity contribution in [1.82, 2.24) is 5.32 Å². The van der Waals surface area contributed by atoms with E-state index in [1.54, 1.807) is 18.2 Å². The van der Waals surface area contributed by atoms with Crippen molar-refractivity contribution in [2.45, 2.75) is 19.1 Å². The van der Waals surface area contributed by atoms with E-state index in [2.05, 4.69) is 5.32 Å². The van der Waals surface area contributed by atoms with Crippen LogP contribution >= 0.6 is 0 Å². The van der Waals surface area contributed by atoms with Crippen LogP contribution < -0.4 is 10.1 Å². The molecule has 5 nitrogen and oxygen atoms in total. The first kappa shape index (κ1) is 21.1. The van der Waals surface area contributed by atoms with Crippen molar-refractivity contribution in [2.75, 3.05) is 0 Å². The van der Waals surface area contributed by atoms with Crippen molar-refractivity contribution in [3.63, 3.8) is 0 Å². The second-order valence-corrected chi connectivity index (χ2v) is 7.55. The van der Waals surface area contributed by atoms with Crippen LogP contribution in [0.4, 0.5) is 0 Å². The monoisotopic (exact) mass is 425 g/mol. The Balaban J connectivity index is 1.43. The molecule has 0 aliphatic rings. The van der Waals surface area contributed by atoms with E-state index in [-0.39, 0.29) is 6.42 Å². The number of carboxylic acids is 1. The summed E-state index contributed by atoms with van der Waals surface area (Å²) in [4.78, 5) is 24.6. The molecule has 160 valence electrons. The van der Waals surface area contributed by atoms with Crippen LogP contribution in [0.3, 0.4) is 0 Å². The minimum absolute atomic E-state index is 0.150. The van der Waals surface area contributed by atoms with Crippen molar-refractivity contribution >= 4 is 22.6 Å². The molecule has 1 amide bonds. The van der Waals surface area contributed by atoms with Gasteiger partial charge in [-0.3, -0.25) is 4.79 Å². The lowest BCUT2D eigenvalue weighted by atomic mass is 10.0. The molecule has 5 heteroatoms. The zero-order valence-corrected chi connectivity index (χ0v) is 17.4. The number of fused-ring (bicyclic) bond motifs is 1. The smallest absolute Gasteiger partial charge is 0.326 e. The Morgan fingerprint density at radius 3 is 2.28 bits per heavy atom. The van der Waals surface area contributed by atoms with Gasteiger partial charge in [-0.15, -0.1) is 0 Å². The van der Waals surface area contributed by atoms with E-state index in [4.69, 9.17) is 4.74 Å². The highest BCUT2D eigenvalue weighted by Crippen LogP contribution is 2.18. The Kier molecular flexibility index (Phi) is 6.46. The van der Waals surface area contributed by atoms with Gasteiger partial charge in [0.25, 0.3) is 5.91 Å². The fraction of sp³-hybridized carbons (Fsp3) is 0.111. The fourth-order valence-corrected chi connectivity index (χ4v) is 3.51. The molecule has 0 radical (unpaired) electrons. The van der Waals surface area contributed by atoms with Gasteiger partial charge < -0.3 is 15.2 Å². The van der Waals surface area contributed by atoms with Gasteiger partial charge in [0.05, 0.1) is 0 Å². The predicted molar refractivity (Wildman–Crippen MR) is 124 cm³/mol. The molecule has 4 aromatic carbocycles. The van der Waals surface area contributed by atoms with E-state index >= 15 is 0 Å². The third kappa shape index (κ3) is 5.32. The molecule has 4 aromatic rings. The Hall–Kier alpha value is -4.12. The molecule has 0 unspecified atom stereocenters. The highest BCUT2D eigenvalue weighted by molar-refractivity contribution is 6.00. The summed E-state index contributed by atoms with van der Waals surface area (Å²) in [7, 11) is 0. The van der Waals surface area contributed by atoms with Crippen LogP contribution in [0.2, 0.25) is 0 Å². The quantitative estimate of drug-likeness (QED) is 0.423. The highest BCUT2D eigenvalue weighted by atomic mass is 16.5. The second-order valence-electron chi connectivity index (χ2n) is 7.55. The lowest BCUT2D eigenvalue weighted by Crippen LogP contribution is -2.42. The zero-order chi connectivity index (χ0) is 22.3. The summed E-state index contributed by atoms with van der Waals surface area (Å²) in [5, 5.41) is 14.3. The number of hydrogen-bond donors (Lipinski definition) is 2. The van der Waals surface area contributed by atoms with Gasteiger partial charge in [-0.1, -0.05) is 72.8 Å². The first-order chi connectivity index (χ1) is 15.6. The number of aliphatic carboxylic acids is 1. The topological polar surface area (TPSA) is 75.6 Å². The van der Waals surface area contributed by atoms with Crippen LogP contribution in [0, 0.1) is 0 Å². The minimum Gasteiger partial charge on any atom is -0.489 e. The molecular formula is C27H23NO4. The average Bonchev–Trinajstić information content (AvgIpc) is 2.83. The van der Waals surface area contributed by atoms with Gasteiger partial charge in [0.1, 0.15) is 18.4 Å². The highest BCUT2D eigenvalue weighted by Gasteiger charge is 2.21. The molecule has 0 aliphatic carbocycles. The Morgan fingerprint density at radius 1 is 0.781 bits per heavy atom. The van der Waals surface area contributed by atoms with Crippen LogP contribution in [0.25, 0.3) is 10.8 Å². The van der Waals surface area contributed by atoms with Crippen LogP contribution in [-0.4, -0.2) is 23.0 Å². The molecule has 0 aromatic heterocycles. The van der Waals surface area contributed by atoms with Crippen molar-refractivity contribution in [3.05, 3.63) is 114 Å². The van der Waals surface area contributed by atoms with Gasteiger partial charge in [0.2, 0.25) is 0 Å². The van der Waals surface area contributed by atoms with E-state index < -0.39 is 17.9 Å². The number of ether oxygens (including phenoxy) is 1. The van der Waals surface area contributed by atoms with Gasteiger partial charge in [-0.05, 0) is 46.2 Å². The molecule has 1 atom stereocenters. The Labute approximate surface area is 186 Å². The standard InChI is InChI=1S/C27H23NO4/c29-26(23-14-13-21-10-4-5-11-22(21)17-23)28-25(27(30)31)16-20-9-6-12-24(15-20)32-18-19-7-2-1-3-8-19/h1-15,17,25H,16,18H2,(H,28,29)(H,30,31)/t25-/m1/s1. The maximum absolute atomic E-state index is 12.7. The van der Waals surface area contributed by atoms with Crippen LogP contribution in [0.15, 0.2) is 97.1 Å². The summed E-state index contributed by atoms with van der Waals surface area (Å²) in [6.45, 7) is 0.422. The Bertz CT molecular complexity index is 1240. The number of amides is 1. The van der Waals surface area contributed by atoms with Crippen LogP contribution in [0.1, 0.15) is 21.5 Å². The summed E-state index contributed by atoms with van der Waals surface area (Å²) in [6.07, 6.45) is 0.150. The number of carbonyl (C=O) groups is 2. The molecule has 0 spiro atoms. The lowest BCUT2D eigenvalue weighted by molar-refractivity contribution is -0.139. The lowest BCUT2D eigenvalue weighted by Gasteiger charge is -2.16. The average molecular weight is 425 g/mol. The first-order valence-electron chi connectivity index (χ1n) is 10.4. The third-order valence-electron chi connectivity index (χ3n) is 5.20. The molecule has 0 heterocycles. The molecular weight excluding hydrogens is 402 g/mol. The fourth-order valence-electron chi connectivity index (χ4n) is 3.51. The molecule has 0 saturated carbocycles. The molecule has 0 saturated heterocycles. The van der Waals surface area contributed by atoms with Crippen LogP contribution in [0.5, 0.6) is 5.75 Å². The molecule has 4 rings (SSSR count). The summed E-state index contributed by atoms with van der Waals surface area (Å²) >= 11 is 0. The largest absolute Gasteiger partial charge is 0.489 e. The summed E-state index contributed by atoms with van der Waals surface area (Å²) < 4.78 is 5.83. The summed E-state index contributed by atoms with van der Waals surface area (Å²) in [5.74, 6) is -0.856. The SMILES string of the molecule is O=C(N[C@H](Cc1cccc(OCc2ccccc2)c1)C(=O)O)c1ccc2ccccc2c1. The molecule has 0 fully saturated rings. The molecule has 0 aliphatic heterocycles. The normalized spacial score (nSPS) is 11.6. The number of hydrogen-bond acceptors (Lipinski definition) is 3. The van der Waals surface area contributed by atoms with E-state index in [0.29, 0.717) is 17.9 Å². The maximum Gasteiger partial charge on any atom is 0.326 e.